The fourth-order valence-electron chi connectivity index (χ4n) is 2.76. The lowest BCUT2D eigenvalue weighted by molar-refractivity contribution is -0.768. The van der Waals surface area contributed by atoms with Crippen molar-refractivity contribution < 1.29 is 19.2 Å². The van der Waals surface area contributed by atoms with Crippen LogP contribution in [0.4, 0.5) is 5.88 Å². The summed E-state index contributed by atoms with van der Waals surface area (Å²) in [6, 6.07) is 0. The first-order chi connectivity index (χ1) is 10.3. The second-order valence-corrected chi connectivity index (χ2v) is 6.16. The van der Waals surface area contributed by atoms with Crippen molar-refractivity contribution in [2.75, 3.05) is 31.3 Å². The Morgan fingerprint density at radius 1 is 1.29 bits per heavy atom. The van der Waals surface area contributed by atoms with Gasteiger partial charge in [-0.25, -0.2) is 4.99 Å². The maximum atomic E-state index is 12.2. The summed E-state index contributed by atoms with van der Waals surface area (Å²) in [5.41, 5.74) is 0. The van der Waals surface area contributed by atoms with Gasteiger partial charge in [0.05, 0.1) is 31.1 Å². The van der Waals surface area contributed by atoms with E-state index in [0.29, 0.717) is 17.8 Å². The zero-order valence-corrected chi connectivity index (χ0v) is 13.4. The van der Waals surface area contributed by atoms with E-state index in [0.717, 1.165) is 38.8 Å². The molecule has 0 N–H and O–H groups in total. The Bertz CT molecular complexity index is 508. The van der Waals surface area contributed by atoms with Gasteiger partial charge < -0.3 is 9.84 Å². The molecule has 2 heterocycles. The Morgan fingerprint density at radius 3 is 2.71 bits per heavy atom. The van der Waals surface area contributed by atoms with Gasteiger partial charge in [-0.2, -0.15) is 0 Å². The first-order valence-electron chi connectivity index (χ1n) is 7.42. The number of hydrogen-bond donors (Lipinski definition) is 0. The van der Waals surface area contributed by atoms with Crippen LogP contribution in [-0.4, -0.2) is 37.5 Å². The summed E-state index contributed by atoms with van der Waals surface area (Å²) in [6.07, 6.45) is 5.29. The molecule has 7 nitrogen and oxygen atoms in total. The maximum absolute atomic E-state index is 12.2. The Morgan fingerprint density at radius 2 is 2.00 bits per heavy atom. The molecule has 3 rings (SSSR count). The Kier molecular flexibility index (Phi) is 4.74. The minimum Gasteiger partial charge on any atom is -0.861 e. The van der Waals surface area contributed by atoms with Gasteiger partial charge in [0.2, 0.25) is 5.27 Å². The minimum absolute atomic E-state index is 0.0348. The summed E-state index contributed by atoms with van der Waals surface area (Å²) in [5, 5.41) is 18.1. The first kappa shape index (κ1) is 14.8. The Balaban J connectivity index is 1.74. The van der Waals surface area contributed by atoms with Gasteiger partial charge in [-0.3, -0.25) is 4.52 Å². The molecule has 1 saturated heterocycles. The van der Waals surface area contributed by atoms with E-state index in [1.165, 1.54) is 6.42 Å². The summed E-state index contributed by atoms with van der Waals surface area (Å²) in [6.45, 7) is 2.76. The van der Waals surface area contributed by atoms with Crippen LogP contribution in [0.3, 0.4) is 0 Å². The molecule has 21 heavy (non-hydrogen) atoms. The number of halogens is 1. The lowest BCUT2D eigenvalue weighted by Crippen LogP contribution is -2.63. The summed E-state index contributed by atoms with van der Waals surface area (Å²) in [4.78, 5) is 5.71. The second-order valence-electron chi connectivity index (χ2n) is 5.41. The second kappa shape index (κ2) is 6.74. The van der Waals surface area contributed by atoms with Crippen molar-refractivity contribution in [2.45, 2.75) is 32.1 Å². The van der Waals surface area contributed by atoms with Crippen LogP contribution in [0.1, 0.15) is 32.1 Å². The van der Waals surface area contributed by atoms with Crippen molar-refractivity contribution in [1.29, 1.82) is 0 Å². The Labute approximate surface area is 131 Å². The van der Waals surface area contributed by atoms with Gasteiger partial charge in [-0.15, -0.1) is 5.01 Å². The van der Waals surface area contributed by atoms with Crippen molar-refractivity contribution in [3.8, 4) is 0 Å². The number of morpholine rings is 1. The largest absolute Gasteiger partial charge is 0.861 e. The molecule has 8 heteroatoms. The standard InChI is InChI=1S/C13H19BrN4O3/c14-11-13(15-12(19)10-4-2-1-3-5-10)21-16-18(11)17-6-8-20-9-7-17/h10H,1-9H2. The van der Waals surface area contributed by atoms with Crippen LogP contribution in [-0.2, 0) is 4.74 Å². The highest BCUT2D eigenvalue weighted by molar-refractivity contribution is 9.10. The van der Waals surface area contributed by atoms with E-state index in [9.17, 15) is 5.11 Å². The van der Waals surface area contributed by atoms with Crippen LogP contribution in [0.25, 0.3) is 0 Å². The maximum Gasteiger partial charge on any atom is 0.374 e. The van der Waals surface area contributed by atoms with Crippen molar-refractivity contribution >= 4 is 27.7 Å². The predicted molar refractivity (Wildman–Crippen MR) is 76.8 cm³/mol. The number of rotatable bonds is 3. The summed E-state index contributed by atoms with van der Waals surface area (Å²) < 4.78 is 11.1. The third-order valence-corrected chi connectivity index (χ3v) is 4.63. The normalized spacial score (nSPS) is 21.8. The van der Waals surface area contributed by atoms with Gasteiger partial charge in [0, 0.05) is 15.9 Å². The molecule has 1 saturated carbocycles. The molecule has 0 atom stereocenters. The van der Waals surface area contributed by atoms with E-state index in [2.05, 4.69) is 26.2 Å². The molecule has 0 amide bonds. The van der Waals surface area contributed by atoms with Crippen molar-refractivity contribution in [3.63, 3.8) is 0 Å². The molecule has 116 valence electrons. The fourth-order valence-corrected chi connectivity index (χ4v) is 3.21. The Hall–Kier alpha value is -1.15. The van der Waals surface area contributed by atoms with Crippen molar-refractivity contribution in [1.82, 2.24) is 5.27 Å². The summed E-state index contributed by atoms with van der Waals surface area (Å²) in [5.74, 6) is 0.185. The van der Waals surface area contributed by atoms with Gasteiger partial charge in [-0.1, -0.05) is 19.3 Å². The topological polar surface area (TPSA) is 77.8 Å². The monoisotopic (exact) mass is 358 g/mol. The quantitative estimate of drug-likeness (QED) is 0.450. The molecule has 0 unspecified atom stereocenters. The van der Waals surface area contributed by atoms with E-state index in [1.54, 1.807) is 4.79 Å². The fraction of sp³-hybridized carbons (Fsp3) is 0.769. The third-order valence-electron chi connectivity index (χ3n) is 3.98. The van der Waals surface area contributed by atoms with Gasteiger partial charge in [-0.05, 0) is 24.7 Å². The number of aliphatic imine (C=N–C) groups is 1. The summed E-state index contributed by atoms with van der Waals surface area (Å²) in [7, 11) is 0. The number of ether oxygens (including phenoxy) is 1. The molecule has 1 aromatic heterocycles. The zero-order valence-electron chi connectivity index (χ0n) is 11.8. The van der Waals surface area contributed by atoms with Crippen LogP contribution >= 0.6 is 15.9 Å². The average Bonchev–Trinajstić information content (AvgIpc) is 2.90. The molecule has 2 aliphatic rings. The van der Waals surface area contributed by atoms with E-state index >= 15 is 0 Å². The van der Waals surface area contributed by atoms with Crippen LogP contribution in [0.2, 0.25) is 0 Å². The van der Waals surface area contributed by atoms with E-state index in [-0.39, 0.29) is 17.7 Å². The molecule has 1 aliphatic carbocycles. The highest BCUT2D eigenvalue weighted by atomic mass is 79.9. The molecular weight excluding hydrogens is 340 g/mol. The zero-order chi connectivity index (χ0) is 14.7. The highest BCUT2D eigenvalue weighted by Crippen LogP contribution is 2.26. The van der Waals surface area contributed by atoms with E-state index in [4.69, 9.17) is 9.26 Å². The lowest BCUT2D eigenvalue weighted by Gasteiger charge is -2.25. The van der Waals surface area contributed by atoms with Crippen LogP contribution < -0.4 is 14.9 Å². The van der Waals surface area contributed by atoms with E-state index in [1.807, 2.05) is 5.01 Å². The van der Waals surface area contributed by atoms with Crippen LogP contribution in [0.5, 0.6) is 0 Å². The molecule has 1 aromatic rings. The van der Waals surface area contributed by atoms with E-state index < -0.39 is 0 Å². The van der Waals surface area contributed by atoms with Crippen LogP contribution in [0, 0.1) is 5.92 Å². The molecule has 0 bridgehead atoms. The number of hydrogen-bond acceptors (Lipinski definition) is 6. The summed E-state index contributed by atoms with van der Waals surface area (Å²) >= 11 is 3.42. The smallest absolute Gasteiger partial charge is 0.374 e. The molecule has 0 spiro atoms. The minimum atomic E-state index is -0.0966. The molecule has 0 aromatic carbocycles. The first-order valence-corrected chi connectivity index (χ1v) is 8.21. The molecule has 2 fully saturated rings. The predicted octanol–water partition coefficient (Wildman–Crippen LogP) is 0.663. The van der Waals surface area contributed by atoms with Crippen molar-refractivity contribution in [2.24, 2.45) is 10.9 Å². The number of nitrogens with zero attached hydrogens (tertiary/aromatic N) is 4. The van der Waals surface area contributed by atoms with Gasteiger partial charge >= 0.3 is 10.5 Å². The molecule has 0 radical (unpaired) electrons. The van der Waals surface area contributed by atoms with Crippen LogP contribution in [0.15, 0.2) is 14.1 Å². The molecular formula is C13H19BrN4O3. The van der Waals surface area contributed by atoms with Gasteiger partial charge in [0.1, 0.15) is 0 Å². The lowest BCUT2D eigenvalue weighted by atomic mass is 9.89. The average molecular weight is 359 g/mol. The van der Waals surface area contributed by atoms with Gasteiger partial charge in [0.15, 0.2) is 0 Å². The third kappa shape index (κ3) is 3.37. The molecule has 1 aliphatic heterocycles. The van der Waals surface area contributed by atoms with Crippen molar-refractivity contribution in [3.05, 3.63) is 4.60 Å². The SMILES string of the molecule is [O-]C(=Nc1on[n+](N2CCOCC2)c1Br)C1CCCCC1. The highest BCUT2D eigenvalue weighted by Gasteiger charge is 2.30. The van der Waals surface area contributed by atoms with Gasteiger partial charge in [0.25, 0.3) is 0 Å². The number of aromatic nitrogens is 2.